The Morgan fingerprint density at radius 1 is 1.15 bits per heavy atom. The van der Waals surface area contributed by atoms with Crippen molar-refractivity contribution in [2.24, 2.45) is 0 Å². The standard InChI is InChI=1S/C21H23N3O2/c1-26-18-8-7-16-11-17(21(25)23-19(16)12-18)13-24-10-9-22-20(14-24)15-5-3-2-4-6-15/h2-8,11-12,20,22H,9-10,13-14H2,1H3,(H,23,25)/t20-/m0/s1. The predicted molar refractivity (Wildman–Crippen MR) is 104 cm³/mol. The van der Waals surface area contributed by atoms with Crippen LogP contribution in [0.4, 0.5) is 0 Å². The summed E-state index contributed by atoms with van der Waals surface area (Å²) in [4.78, 5) is 17.8. The maximum atomic E-state index is 12.5. The molecule has 2 N–H and O–H groups in total. The SMILES string of the molecule is COc1ccc2cc(CN3CCN[C@H](c4ccccc4)C3)c(=O)[nH]c2c1. The quantitative estimate of drug-likeness (QED) is 0.760. The molecule has 0 radical (unpaired) electrons. The molecule has 5 nitrogen and oxygen atoms in total. The molecule has 1 aromatic heterocycles. The summed E-state index contributed by atoms with van der Waals surface area (Å²) in [7, 11) is 1.63. The number of benzene rings is 2. The third kappa shape index (κ3) is 3.49. The molecule has 1 aliphatic heterocycles. The topological polar surface area (TPSA) is 57.4 Å². The van der Waals surface area contributed by atoms with E-state index in [9.17, 15) is 4.79 Å². The smallest absolute Gasteiger partial charge is 0.252 e. The summed E-state index contributed by atoms with van der Waals surface area (Å²) in [5.41, 5.74) is 2.87. The van der Waals surface area contributed by atoms with Crippen molar-refractivity contribution in [2.45, 2.75) is 12.6 Å². The number of methoxy groups -OCH3 is 1. The van der Waals surface area contributed by atoms with Crippen molar-refractivity contribution >= 4 is 10.9 Å². The van der Waals surface area contributed by atoms with Crippen molar-refractivity contribution in [1.82, 2.24) is 15.2 Å². The third-order valence-electron chi connectivity index (χ3n) is 4.99. The zero-order chi connectivity index (χ0) is 17.9. The van der Waals surface area contributed by atoms with Crippen LogP contribution in [-0.2, 0) is 6.54 Å². The van der Waals surface area contributed by atoms with Gasteiger partial charge in [-0.3, -0.25) is 9.69 Å². The summed E-state index contributed by atoms with van der Waals surface area (Å²) in [6.45, 7) is 3.40. The highest BCUT2D eigenvalue weighted by molar-refractivity contribution is 5.80. The lowest BCUT2D eigenvalue weighted by molar-refractivity contribution is 0.192. The minimum Gasteiger partial charge on any atom is -0.497 e. The molecule has 0 saturated carbocycles. The zero-order valence-electron chi connectivity index (χ0n) is 14.9. The summed E-state index contributed by atoms with van der Waals surface area (Å²) in [6.07, 6.45) is 0. The molecule has 5 heteroatoms. The first-order valence-electron chi connectivity index (χ1n) is 8.93. The van der Waals surface area contributed by atoms with Crippen molar-refractivity contribution in [3.8, 4) is 5.75 Å². The van der Waals surface area contributed by atoms with Gasteiger partial charge < -0.3 is 15.0 Å². The molecule has 1 saturated heterocycles. The molecule has 26 heavy (non-hydrogen) atoms. The number of nitrogens with zero attached hydrogens (tertiary/aromatic N) is 1. The van der Waals surface area contributed by atoms with Crippen LogP contribution in [0.1, 0.15) is 17.2 Å². The summed E-state index contributed by atoms with van der Waals surface area (Å²) in [5.74, 6) is 0.744. The molecule has 0 amide bonds. The molecule has 2 heterocycles. The lowest BCUT2D eigenvalue weighted by Crippen LogP contribution is -2.45. The second kappa shape index (κ2) is 7.32. The highest BCUT2D eigenvalue weighted by atomic mass is 16.5. The molecule has 1 aliphatic rings. The molecule has 0 bridgehead atoms. The number of rotatable bonds is 4. The van der Waals surface area contributed by atoms with Crippen LogP contribution >= 0.6 is 0 Å². The minimum absolute atomic E-state index is 0.0273. The fraction of sp³-hybridized carbons (Fsp3) is 0.286. The van der Waals surface area contributed by atoms with Gasteiger partial charge in [-0.2, -0.15) is 0 Å². The van der Waals surface area contributed by atoms with Crippen LogP contribution in [0.2, 0.25) is 0 Å². The van der Waals surface area contributed by atoms with Crippen LogP contribution in [0.25, 0.3) is 10.9 Å². The Morgan fingerprint density at radius 3 is 2.81 bits per heavy atom. The predicted octanol–water partition coefficient (Wildman–Crippen LogP) is 2.68. The van der Waals surface area contributed by atoms with Crippen LogP contribution in [0, 0.1) is 0 Å². The van der Waals surface area contributed by atoms with E-state index in [1.54, 1.807) is 7.11 Å². The lowest BCUT2D eigenvalue weighted by atomic mass is 10.0. The molecule has 2 aromatic carbocycles. The van der Waals surface area contributed by atoms with E-state index in [1.165, 1.54) is 5.56 Å². The van der Waals surface area contributed by atoms with Gasteiger partial charge in [0.2, 0.25) is 0 Å². The van der Waals surface area contributed by atoms with E-state index in [1.807, 2.05) is 30.3 Å². The van der Waals surface area contributed by atoms with Gasteiger partial charge in [0.25, 0.3) is 5.56 Å². The zero-order valence-corrected chi connectivity index (χ0v) is 14.9. The Morgan fingerprint density at radius 2 is 2.00 bits per heavy atom. The van der Waals surface area contributed by atoms with E-state index < -0.39 is 0 Å². The van der Waals surface area contributed by atoms with Gasteiger partial charge in [0.05, 0.1) is 12.6 Å². The Kier molecular flexibility index (Phi) is 4.73. The molecular weight excluding hydrogens is 326 g/mol. The third-order valence-corrected chi connectivity index (χ3v) is 4.99. The Labute approximate surface area is 152 Å². The monoisotopic (exact) mass is 349 g/mol. The summed E-state index contributed by atoms with van der Waals surface area (Å²) < 4.78 is 5.23. The number of fused-ring (bicyclic) bond motifs is 1. The van der Waals surface area contributed by atoms with Gasteiger partial charge in [0, 0.05) is 43.9 Å². The number of H-pyrrole nitrogens is 1. The van der Waals surface area contributed by atoms with Gasteiger partial charge >= 0.3 is 0 Å². The highest BCUT2D eigenvalue weighted by Crippen LogP contribution is 2.21. The number of aromatic amines is 1. The van der Waals surface area contributed by atoms with Crippen molar-refractivity contribution < 1.29 is 4.74 Å². The van der Waals surface area contributed by atoms with Crippen molar-refractivity contribution in [2.75, 3.05) is 26.7 Å². The van der Waals surface area contributed by atoms with E-state index in [2.05, 4.69) is 39.5 Å². The van der Waals surface area contributed by atoms with Gasteiger partial charge in [0.1, 0.15) is 5.75 Å². The number of hydrogen-bond donors (Lipinski definition) is 2. The first kappa shape index (κ1) is 16.8. The molecule has 4 rings (SSSR count). The average Bonchev–Trinajstić information content (AvgIpc) is 2.69. The molecule has 0 aliphatic carbocycles. The Balaban J connectivity index is 1.55. The number of pyridine rings is 1. The van der Waals surface area contributed by atoms with Crippen molar-refractivity contribution in [3.63, 3.8) is 0 Å². The van der Waals surface area contributed by atoms with Gasteiger partial charge in [-0.15, -0.1) is 0 Å². The average molecular weight is 349 g/mol. The summed E-state index contributed by atoms with van der Waals surface area (Å²) in [5, 5.41) is 4.59. The fourth-order valence-electron chi connectivity index (χ4n) is 3.57. The Bertz CT molecular complexity index is 952. The first-order valence-corrected chi connectivity index (χ1v) is 8.93. The maximum absolute atomic E-state index is 12.5. The highest BCUT2D eigenvalue weighted by Gasteiger charge is 2.21. The fourth-order valence-corrected chi connectivity index (χ4v) is 3.57. The van der Waals surface area contributed by atoms with E-state index >= 15 is 0 Å². The van der Waals surface area contributed by atoms with Crippen LogP contribution in [-0.4, -0.2) is 36.6 Å². The molecule has 0 unspecified atom stereocenters. The van der Waals surface area contributed by atoms with E-state index in [-0.39, 0.29) is 5.56 Å². The van der Waals surface area contributed by atoms with Crippen molar-refractivity contribution in [1.29, 1.82) is 0 Å². The molecule has 1 atom stereocenters. The minimum atomic E-state index is -0.0273. The van der Waals surface area contributed by atoms with Gasteiger partial charge in [-0.25, -0.2) is 0 Å². The number of hydrogen-bond acceptors (Lipinski definition) is 4. The summed E-state index contributed by atoms with van der Waals surface area (Å²) >= 11 is 0. The number of nitrogens with one attached hydrogen (secondary N) is 2. The number of ether oxygens (including phenoxy) is 1. The van der Waals surface area contributed by atoms with Crippen LogP contribution in [0.3, 0.4) is 0 Å². The van der Waals surface area contributed by atoms with Gasteiger partial charge in [0.15, 0.2) is 0 Å². The number of piperazine rings is 1. The van der Waals surface area contributed by atoms with Gasteiger partial charge in [-0.1, -0.05) is 30.3 Å². The second-order valence-electron chi connectivity index (χ2n) is 6.73. The largest absolute Gasteiger partial charge is 0.497 e. The van der Waals surface area contributed by atoms with E-state index in [4.69, 9.17) is 4.74 Å². The number of aromatic nitrogens is 1. The van der Waals surface area contributed by atoms with Crippen LogP contribution in [0.5, 0.6) is 5.75 Å². The van der Waals surface area contributed by atoms with Crippen LogP contribution < -0.4 is 15.6 Å². The maximum Gasteiger partial charge on any atom is 0.252 e. The van der Waals surface area contributed by atoms with E-state index in [0.29, 0.717) is 12.6 Å². The molecule has 0 spiro atoms. The Hall–Kier alpha value is -2.63. The molecule has 1 fully saturated rings. The molecule has 3 aromatic rings. The van der Waals surface area contributed by atoms with Crippen LogP contribution in [0.15, 0.2) is 59.4 Å². The lowest BCUT2D eigenvalue weighted by Gasteiger charge is -2.33. The van der Waals surface area contributed by atoms with Gasteiger partial charge in [-0.05, 0) is 29.1 Å². The normalized spacial score (nSPS) is 18.1. The van der Waals surface area contributed by atoms with Crippen molar-refractivity contribution in [3.05, 3.63) is 76.1 Å². The molecule has 134 valence electrons. The summed E-state index contributed by atoms with van der Waals surface area (Å²) in [6, 6.07) is 18.5. The second-order valence-corrected chi connectivity index (χ2v) is 6.73. The molecular formula is C21H23N3O2. The van der Waals surface area contributed by atoms with E-state index in [0.717, 1.165) is 41.9 Å². The first-order chi connectivity index (χ1) is 12.7.